The Kier molecular flexibility index (Phi) is 5.14. The van der Waals surface area contributed by atoms with Gasteiger partial charge < -0.3 is 0 Å². The first-order chi connectivity index (χ1) is 19.1. The van der Waals surface area contributed by atoms with Crippen LogP contribution in [0.5, 0.6) is 0 Å². The minimum Gasteiger partial charge on any atom is -0.269 e. The molecule has 2 heterocycles. The van der Waals surface area contributed by atoms with Crippen molar-refractivity contribution >= 4 is 113 Å². The Morgan fingerprint density at radius 1 is 0.475 bits per heavy atom. The first kappa shape index (κ1) is 25.0. The summed E-state index contributed by atoms with van der Waals surface area (Å²) in [6.07, 6.45) is 10.8. The molecule has 2 aliphatic heterocycles. The van der Waals surface area contributed by atoms with Crippen LogP contribution in [0.3, 0.4) is 0 Å². The maximum Gasteiger partial charge on any atom is 0.262 e. The van der Waals surface area contributed by atoms with Crippen LogP contribution in [0.25, 0.3) is 43.1 Å². The molecule has 0 aliphatic carbocycles. The molecule has 40 heavy (non-hydrogen) atoms. The lowest BCUT2D eigenvalue weighted by Gasteiger charge is -2.30. The Labute approximate surface area is 245 Å². The van der Waals surface area contributed by atoms with E-state index in [2.05, 4.69) is 11.8 Å². The van der Waals surface area contributed by atoms with Gasteiger partial charge in [0.05, 0.1) is 35.3 Å². The first-order valence-electron chi connectivity index (χ1n) is 11.7. The molecule has 192 valence electrons. The van der Waals surface area contributed by atoms with Crippen LogP contribution < -0.4 is 0 Å². The van der Waals surface area contributed by atoms with Crippen molar-refractivity contribution in [1.82, 2.24) is 9.80 Å². The molecule has 5 aromatic rings. The van der Waals surface area contributed by atoms with Gasteiger partial charge in [-0.25, -0.2) is 0 Å². The standard InChI is InChI=1S/C30H10Cl4N2O4/c1-3-5-35-27(37)11-7-15(31)21-23-17(33)9-13-20-14(30(40)36(6-4-2)29(13)39)10-18(34)24(26(20)23)22-16(32)8-12(28(35)38)19(11)25(21)22/h1-2,7-10H,5-6H2. The molecule has 0 N–H and O–H groups in total. The van der Waals surface area contributed by atoms with Gasteiger partial charge in [-0.1, -0.05) is 58.2 Å². The van der Waals surface area contributed by atoms with Gasteiger partial charge >= 0.3 is 0 Å². The molecule has 6 nitrogen and oxygen atoms in total. The van der Waals surface area contributed by atoms with Gasteiger partial charge in [0.1, 0.15) is 0 Å². The average molecular weight is 604 g/mol. The fourth-order valence-electron chi connectivity index (χ4n) is 6.03. The summed E-state index contributed by atoms with van der Waals surface area (Å²) in [6.45, 7) is -0.469. The molecule has 0 saturated heterocycles. The number of carbonyl (C=O) groups is 4. The van der Waals surface area contributed by atoms with Crippen molar-refractivity contribution in [3.05, 3.63) is 66.6 Å². The molecule has 10 heteroatoms. The van der Waals surface area contributed by atoms with E-state index in [1.54, 1.807) is 0 Å². The van der Waals surface area contributed by atoms with Gasteiger partial charge in [0.2, 0.25) is 0 Å². The summed E-state index contributed by atoms with van der Waals surface area (Å²) in [5.41, 5.74) is 0.678. The normalized spacial score (nSPS) is 14.8. The third-order valence-electron chi connectivity index (χ3n) is 7.52. The first-order valence-corrected chi connectivity index (χ1v) is 13.2. The van der Waals surface area contributed by atoms with Crippen LogP contribution in [0, 0.1) is 24.7 Å². The number of hydrogen-bond donors (Lipinski definition) is 0. The molecular weight excluding hydrogens is 594 g/mol. The molecule has 0 bridgehead atoms. The van der Waals surface area contributed by atoms with Gasteiger partial charge in [-0.3, -0.25) is 29.0 Å². The lowest BCUT2D eigenvalue weighted by molar-refractivity contribution is 0.0616. The number of terminal acetylenes is 2. The van der Waals surface area contributed by atoms with Crippen molar-refractivity contribution < 1.29 is 19.2 Å². The van der Waals surface area contributed by atoms with E-state index in [1.807, 2.05) is 0 Å². The van der Waals surface area contributed by atoms with Crippen molar-refractivity contribution in [3.63, 3.8) is 0 Å². The molecule has 7 rings (SSSR count). The average Bonchev–Trinajstić information content (AvgIpc) is 2.92. The number of halogens is 4. The predicted molar refractivity (Wildman–Crippen MR) is 156 cm³/mol. The molecule has 4 amide bonds. The Hall–Kier alpha value is -4.04. The van der Waals surface area contributed by atoms with Crippen LogP contribution >= 0.6 is 46.4 Å². The molecule has 0 unspecified atom stereocenters. The SMILES string of the molecule is C#CCN1C(=O)c2cc(Cl)c3c4c(Cl)cc5c6c(cc(Cl)c(c7c(Cl)cc(c2c37)C1=O)c64)C(=O)N(CC#C)C5=O. The van der Waals surface area contributed by atoms with Crippen molar-refractivity contribution in [3.8, 4) is 24.7 Å². The monoisotopic (exact) mass is 602 g/mol. The van der Waals surface area contributed by atoms with E-state index in [1.165, 1.54) is 24.3 Å². The van der Waals surface area contributed by atoms with E-state index in [-0.39, 0.29) is 55.4 Å². The Bertz CT molecular complexity index is 1940. The summed E-state index contributed by atoms with van der Waals surface area (Å²) in [5.74, 6) is 2.25. The lowest BCUT2D eigenvalue weighted by Crippen LogP contribution is -2.40. The van der Waals surface area contributed by atoms with Crippen LogP contribution in [0.4, 0.5) is 0 Å². The van der Waals surface area contributed by atoms with Crippen LogP contribution in [0.15, 0.2) is 24.3 Å². The summed E-state index contributed by atoms with van der Waals surface area (Å²) in [4.78, 5) is 55.5. The minimum atomic E-state index is -0.602. The number of amides is 4. The maximum absolute atomic E-state index is 13.4. The number of hydrogen-bond acceptors (Lipinski definition) is 4. The molecule has 2 aliphatic rings. The van der Waals surface area contributed by atoms with E-state index >= 15 is 0 Å². The van der Waals surface area contributed by atoms with E-state index in [0.29, 0.717) is 43.1 Å². The van der Waals surface area contributed by atoms with Gasteiger partial charge in [-0.2, -0.15) is 0 Å². The molecular formula is C30H10Cl4N2O4. The van der Waals surface area contributed by atoms with Gasteiger partial charge in [0, 0.05) is 63.2 Å². The second kappa shape index (κ2) is 8.24. The minimum absolute atomic E-state index is 0.145. The largest absolute Gasteiger partial charge is 0.269 e. The van der Waals surface area contributed by atoms with Crippen LogP contribution in [-0.4, -0.2) is 46.5 Å². The van der Waals surface area contributed by atoms with Crippen molar-refractivity contribution in [2.75, 3.05) is 13.1 Å². The van der Waals surface area contributed by atoms with Crippen molar-refractivity contribution in [1.29, 1.82) is 0 Å². The number of rotatable bonds is 2. The summed E-state index contributed by atoms with van der Waals surface area (Å²) >= 11 is 27.5. The van der Waals surface area contributed by atoms with E-state index in [9.17, 15) is 19.2 Å². The third-order valence-corrected chi connectivity index (χ3v) is 8.71. The smallest absolute Gasteiger partial charge is 0.262 e. The number of carbonyl (C=O) groups excluding carboxylic acids is 4. The van der Waals surface area contributed by atoms with Gasteiger partial charge in [0.15, 0.2) is 0 Å². The number of benzene rings is 5. The summed E-state index contributed by atoms with van der Waals surface area (Å²) < 4.78 is 0. The highest BCUT2D eigenvalue weighted by atomic mass is 35.5. The number of imide groups is 2. The molecule has 0 spiro atoms. The van der Waals surface area contributed by atoms with Crippen LogP contribution in [-0.2, 0) is 0 Å². The zero-order chi connectivity index (χ0) is 28.4. The quantitative estimate of drug-likeness (QED) is 0.0961. The van der Waals surface area contributed by atoms with Crippen LogP contribution in [0.2, 0.25) is 20.1 Å². The van der Waals surface area contributed by atoms with Gasteiger partial charge in [-0.05, 0) is 24.3 Å². The van der Waals surface area contributed by atoms with E-state index in [4.69, 9.17) is 59.3 Å². The molecule has 0 fully saturated rings. The highest BCUT2D eigenvalue weighted by Crippen LogP contribution is 2.53. The number of fused-ring (bicyclic) bond motifs is 2. The second-order valence-electron chi connectivity index (χ2n) is 9.42. The molecule has 0 radical (unpaired) electrons. The molecule has 5 aromatic carbocycles. The Morgan fingerprint density at radius 2 is 0.725 bits per heavy atom. The van der Waals surface area contributed by atoms with E-state index in [0.717, 1.165) is 9.80 Å². The summed E-state index contributed by atoms with van der Waals surface area (Å²) in [5, 5.41) is 3.66. The lowest BCUT2D eigenvalue weighted by atomic mass is 9.82. The fraction of sp³-hybridized carbons (Fsp3) is 0.0667. The number of nitrogens with zero attached hydrogens (tertiary/aromatic N) is 2. The molecule has 0 saturated carbocycles. The zero-order valence-corrected chi connectivity index (χ0v) is 22.9. The second-order valence-corrected chi connectivity index (χ2v) is 11.1. The Morgan fingerprint density at radius 3 is 0.950 bits per heavy atom. The summed E-state index contributed by atoms with van der Waals surface area (Å²) in [6, 6.07) is 5.84. The highest BCUT2D eigenvalue weighted by molar-refractivity contribution is 6.56. The van der Waals surface area contributed by atoms with Crippen molar-refractivity contribution in [2.24, 2.45) is 0 Å². The maximum atomic E-state index is 13.4. The Balaban J connectivity index is 1.77. The fourth-order valence-corrected chi connectivity index (χ4v) is 7.22. The van der Waals surface area contributed by atoms with Gasteiger partial charge in [0.25, 0.3) is 23.6 Å². The van der Waals surface area contributed by atoms with E-state index < -0.39 is 23.6 Å². The predicted octanol–water partition coefficient (Wildman–Crippen LogP) is 6.81. The zero-order valence-electron chi connectivity index (χ0n) is 19.9. The third kappa shape index (κ3) is 2.84. The molecule has 0 aromatic heterocycles. The topological polar surface area (TPSA) is 74.8 Å². The van der Waals surface area contributed by atoms with Crippen molar-refractivity contribution in [2.45, 2.75) is 0 Å². The van der Waals surface area contributed by atoms with Crippen LogP contribution in [0.1, 0.15) is 41.4 Å². The molecule has 0 atom stereocenters. The van der Waals surface area contributed by atoms with Gasteiger partial charge in [-0.15, -0.1) is 12.8 Å². The summed E-state index contributed by atoms with van der Waals surface area (Å²) in [7, 11) is 0. The highest BCUT2D eigenvalue weighted by Gasteiger charge is 2.39.